The summed E-state index contributed by atoms with van der Waals surface area (Å²) in [5.41, 5.74) is 0.356. The van der Waals surface area contributed by atoms with Crippen molar-refractivity contribution in [1.29, 1.82) is 0 Å². The quantitative estimate of drug-likeness (QED) is 0.716. The Labute approximate surface area is 156 Å². The number of pyridine rings is 1. The number of hydrogen-bond acceptors (Lipinski definition) is 4. The normalized spacial score (nSPS) is 16.8. The minimum Gasteiger partial charge on any atom is -0.345 e. The summed E-state index contributed by atoms with van der Waals surface area (Å²) in [6, 6.07) is 8.13. The van der Waals surface area contributed by atoms with E-state index in [4.69, 9.17) is 0 Å². The van der Waals surface area contributed by atoms with Crippen molar-refractivity contribution in [3.63, 3.8) is 0 Å². The number of nitrogens with zero attached hydrogens (tertiary/aromatic N) is 3. The molecule has 1 atom stereocenters. The maximum Gasteiger partial charge on any atom is 0.392 e. The van der Waals surface area contributed by atoms with E-state index in [9.17, 15) is 22.8 Å². The van der Waals surface area contributed by atoms with Gasteiger partial charge in [-0.25, -0.2) is 0 Å². The Balaban J connectivity index is 1.52. The van der Waals surface area contributed by atoms with Gasteiger partial charge in [-0.15, -0.1) is 10.2 Å². The number of nitrogens with one attached hydrogen (secondary N) is 2. The number of alkyl halides is 3. The van der Waals surface area contributed by atoms with Gasteiger partial charge in [-0.3, -0.25) is 9.59 Å². The van der Waals surface area contributed by atoms with Gasteiger partial charge in [0.1, 0.15) is 5.82 Å². The lowest BCUT2D eigenvalue weighted by molar-refractivity contribution is -0.179. The molecule has 1 aliphatic heterocycles. The molecule has 0 radical (unpaired) electrons. The van der Waals surface area contributed by atoms with Crippen LogP contribution in [0.5, 0.6) is 0 Å². The fourth-order valence-electron chi connectivity index (χ4n) is 3.45. The van der Waals surface area contributed by atoms with Gasteiger partial charge in [-0.1, -0.05) is 18.2 Å². The van der Waals surface area contributed by atoms with E-state index >= 15 is 0 Å². The first-order valence-corrected chi connectivity index (χ1v) is 8.71. The summed E-state index contributed by atoms with van der Waals surface area (Å²) in [5, 5.41) is 11.0. The molecule has 0 bridgehead atoms. The molecule has 2 aromatic heterocycles. The van der Waals surface area contributed by atoms with Crippen LogP contribution in [0.3, 0.4) is 0 Å². The van der Waals surface area contributed by atoms with Crippen LogP contribution in [0.1, 0.15) is 28.4 Å². The van der Waals surface area contributed by atoms with Gasteiger partial charge in [0.15, 0.2) is 5.82 Å². The van der Waals surface area contributed by atoms with Crippen molar-refractivity contribution in [3.8, 4) is 0 Å². The number of fused-ring (bicyclic) bond motifs is 2. The standard InChI is InChI=1S/C18H16F3N5O2/c19-18(20,21)10-5-6-26-14(7-10)24-25-15(26)9-22-17(28)12-8-16(27)23-13-4-2-1-3-11(12)13/h1-4,8,10H,5-7,9H2,(H,22,28)(H,23,27)/t10-/m0/s1. The molecule has 0 spiro atoms. The molecule has 4 rings (SSSR count). The highest BCUT2D eigenvalue weighted by atomic mass is 19.4. The van der Waals surface area contributed by atoms with Gasteiger partial charge >= 0.3 is 6.18 Å². The number of amides is 1. The maximum absolute atomic E-state index is 12.9. The van der Waals surface area contributed by atoms with Gasteiger partial charge in [0.2, 0.25) is 5.56 Å². The number of para-hydroxylation sites is 1. The van der Waals surface area contributed by atoms with Crippen LogP contribution >= 0.6 is 0 Å². The molecule has 1 amide bonds. The number of halogens is 3. The van der Waals surface area contributed by atoms with Crippen LogP contribution in [0, 0.1) is 5.92 Å². The van der Waals surface area contributed by atoms with Crippen molar-refractivity contribution in [2.75, 3.05) is 0 Å². The number of carbonyl (C=O) groups is 1. The highest BCUT2D eigenvalue weighted by Crippen LogP contribution is 2.34. The Morgan fingerprint density at radius 1 is 1.29 bits per heavy atom. The van der Waals surface area contributed by atoms with Crippen LogP contribution < -0.4 is 10.9 Å². The molecule has 1 aliphatic rings. The largest absolute Gasteiger partial charge is 0.392 e. The second kappa shape index (κ2) is 6.77. The SMILES string of the molecule is O=C(NCc1nnc2n1CC[C@H](C(F)(F)F)C2)c1cc(=O)[nH]c2ccccc12. The van der Waals surface area contributed by atoms with Crippen LogP contribution in [-0.2, 0) is 19.5 Å². The lowest BCUT2D eigenvalue weighted by atomic mass is 9.97. The fraction of sp³-hybridized carbons (Fsp3) is 0.333. The molecule has 2 N–H and O–H groups in total. The average Bonchev–Trinajstić information content (AvgIpc) is 3.07. The summed E-state index contributed by atoms with van der Waals surface area (Å²) >= 11 is 0. The molecule has 0 fully saturated rings. The number of hydrogen-bond donors (Lipinski definition) is 2. The predicted octanol–water partition coefficient (Wildman–Crippen LogP) is 2.17. The van der Waals surface area contributed by atoms with Crippen molar-refractivity contribution in [3.05, 3.63) is 57.9 Å². The van der Waals surface area contributed by atoms with Crippen LogP contribution in [0.2, 0.25) is 0 Å². The second-order valence-electron chi connectivity index (χ2n) is 6.69. The van der Waals surface area contributed by atoms with E-state index in [-0.39, 0.29) is 37.3 Å². The second-order valence-corrected chi connectivity index (χ2v) is 6.69. The average molecular weight is 391 g/mol. The summed E-state index contributed by atoms with van der Waals surface area (Å²) in [6.07, 6.45) is -4.52. The zero-order chi connectivity index (χ0) is 19.9. The topological polar surface area (TPSA) is 92.7 Å². The van der Waals surface area contributed by atoms with E-state index in [2.05, 4.69) is 20.5 Å². The molecule has 28 heavy (non-hydrogen) atoms. The lowest BCUT2D eigenvalue weighted by Crippen LogP contribution is -2.32. The van der Waals surface area contributed by atoms with Crippen LogP contribution in [0.4, 0.5) is 13.2 Å². The number of rotatable bonds is 3. The third-order valence-corrected chi connectivity index (χ3v) is 4.90. The third-order valence-electron chi connectivity index (χ3n) is 4.90. The van der Waals surface area contributed by atoms with Crippen molar-refractivity contribution in [2.24, 2.45) is 5.92 Å². The highest BCUT2D eigenvalue weighted by molar-refractivity contribution is 6.05. The Kier molecular flexibility index (Phi) is 4.40. The van der Waals surface area contributed by atoms with Crippen molar-refractivity contribution >= 4 is 16.8 Å². The van der Waals surface area contributed by atoms with Crippen molar-refractivity contribution in [2.45, 2.75) is 32.1 Å². The van der Waals surface area contributed by atoms with Crippen LogP contribution in [0.15, 0.2) is 35.1 Å². The summed E-state index contributed by atoms with van der Waals surface area (Å²) < 4.78 is 40.3. The number of H-pyrrole nitrogens is 1. The maximum atomic E-state index is 12.9. The molecule has 10 heteroatoms. The van der Waals surface area contributed by atoms with Gasteiger partial charge in [0, 0.05) is 29.9 Å². The van der Waals surface area contributed by atoms with Crippen molar-refractivity contribution in [1.82, 2.24) is 25.1 Å². The number of carbonyl (C=O) groups excluding carboxylic acids is 1. The van der Waals surface area contributed by atoms with E-state index in [0.717, 1.165) is 0 Å². The van der Waals surface area contributed by atoms with E-state index in [1.165, 1.54) is 6.07 Å². The Morgan fingerprint density at radius 3 is 2.86 bits per heavy atom. The Bertz CT molecular complexity index is 1100. The molecular formula is C18H16F3N5O2. The smallest absolute Gasteiger partial charge is 0.345 e. The van der Waals surface area contributed by atoms with Gasteiger partial charge < -0.3 is 14.9 Å². The molecule has 0 aliphatic carbocycles. The van der Waals surface area contributed by atoms with Gasteiger partial charge in [0.05, 0.1) is 18.0 Å². The molecule has 0 saturated heterocycles. The predicted molar refractivity (Wildman–Crippen MR) is 93.6 cm³/mol. The number of aromatic amines is 1. The first kappa shape index (κ1) is 18.2. The zero-order valence-electron chi connectivity index (χ0n) is 14.6. The number of aromatic nitrogens is 4. The number of benzene rings is 1. The summed E-state index contributed by atoms with van der Waals surface area (Å²) in [5.74, 6) is -1.24. The van der Waals surface area contributed by atoms with E-state index in [0.29, 0.717) is 16.7 Å². The first-order chi connectivity index (χ1) is 13.3. The minimum atomic E-state index is -4.26. The van der Waals surface area contributed by atoms with Gasteiger partial charge in [0.25, 0.3) is 5.91 Å². The minimum absolute atomic E-state index is 0.00361. The highest BCUT2D eigenvalue weighted by Gasteiger charge is 2.42. The molecule has 1 aromatic carbocycles. The fourth-order valence-corrected chi connectivity index (χ4v) is 3.45. The van der Waals surface area contributed by atoms with Crippen LogP contribution in [-0.4, -0.2) is 31.8 Å². The molecule has 146 valence electrons. The first-order valence-electron chi connectivity index (χ1n) is 8.71. The Hall–Kier alpha value is -3.17. The van der Waals surface area contributed by atoms with Crippen molar-refractivity contribution < 1.29 is 18.0 Å². The summed E-state index contributed by atoms with van der Waals surface area (Å²) in [6.45, 7) is 0.148. The molecular weight excluding hydrogens is 375 g/mol. The van der Waals surface area contributed by atoms with Gasteiger partial charge in [-0.2, -0.15) is 13.2 Å². The van der Waals surface area contributed by atoms with E-state index in [1.807, 2.05) is 0 Å². The van der Waals surface area contributed by atoms with E-state index in [1.54, 1.807) is 28.8 Å². The molecule has 3 aromatic rings. The zero-order valence-corrected chi connectivity index (χ0v) is 14.6. The van der Waals surface area contributed by atoms with Gasteiger partial charge in [-0.05, 0) is 12.5 Å². The van der Waals surface area contributed by atoms with E-state index < -0.39 is 23.6 Å². The molecule has 3 heterocycles. The third kappa shape index (κ3) is 3.37. The Morgan fingerprint density at radius 2 is 2.07 bits per heavy atom. The monoisotopic (exact) mass is 391 g/mol. The van der Waals surface area contributed by atoms with Crippen LogP contribution in [0.25, 0.3) is 10.9 Å². The molecule has 0 saturated carbocycles. The molecule has 0 unspecified atom stereocenters. The molecule has 7 nitrogen and oxygen atoms in total. The summed E-state index contributed by atoms with van der Waals surface area (Å²) in [4.78, 5) is 27.0. The summed E-state index contributed by atoms with van der Waals surface area (Å²) in [7, 11) is 0. The lowest BCUT2D eigenvalue weighted by Gasteiger charge is -2.25.